The second-order valence-corrected chi connectivity index (χ2v) is 6.34. The Labute approximate surface area is 131 Å². The molecule has 2 heterocycles. The molecule has 0 spiro atoms. The highest BCUT2D eigenvalue weighted by molar-refractivity contribution is 7.17. The average Bonchev–Trinajstić information content (AvgIpc) is 2.94. The number of imidazole rings is 1. The molecule has 1 aromatic carbocycles. The number of aryl methyl sites for hydroxylation is 2. The maximum absolute atomic E-state index is 10.8. The fraction of sp³-hybridized carbons (Fsp3) is 0.250. The van der Waals surface area contributed by atoms with Crippen molar-refractivity contribution < 1.29 is 14.6 Å². The van der Waals surface area contributed by atoms with Crippen molar-refractivity contribution in [1.29, 1.82) is 0 Å². The van der Waals surface area contributed by atoms with Crippen LogP contribution in [0, 0.1) is 13.8 Å². The van der Waals surface area contributed by atoms with Crippen LogP contribution in [0.3, 0.4) is 0 Å². The standard InChI is InChI=1S/C16H16N2O3S/c1-9-4-10(2)15(21-3)12(5-9)13-8-18-7-11(6-14(19)20)22-16(18)17-13/h4-5,7-8H,6H2,1-3H3,(H,19,20). The van der Waals surface area contributed by atoms with Crippen molar-refractivity contribution in [3.8, 4) is 17.0 Å². The monoisotopic (exact) mass is 316 g/mol. The zero-order valence-electron chi connectivity index (χ0n) is 12.6. The number of carboxylic acids is 1. The third kappa shape index (κ3) is 2.57. The Hall–Kier alpha value is -2.34. The number of aromatic nitrogens is 2. The van der Waals surface area contributed by atoms with E-state index in [-0.39, 0.29) is 6.42 Å². The largest absolute Gasteiger partial charge is 0.496 e. The molecule has 22 heavy (non-hydrogen) atoms. The van der Waals surface area contributed by atoms with Crippen LogP contribution < -0.4 is 4.74 Å². The van der Waals surface area contributed by atoms with Gasteiger partial charge >= 0.3 is 5.97 Å². The first kappa shape index (κ1) is 14.6. The second-order valence-electron chi connectivity index (χ2n) is 5.25. The molecule has 0 aliphatic carbocycles. The number of ether oxygens (including phenoxy) is 1. The third-order valence-electron chi connectivity index (χ3n) is 3.43. The lowest BCUT2D eigenvalue weighted by Crippen LogP contribution is -1.97. The second kappa shape index (κ2) is 5.46. The van der Waals surface area contributed by atoms with Crippen molar-refractivity contribution in [1.82, 2.24) is 9.38 Å². The van der Waals surface area contributed by atoms with Crippen LogP contribution in [0.2, 0.25) is 0 Å². The number of nitrogens with zero attached hydrogens (tertiary/aromatic N) is 2. The fourth-order valence-corrected chi connectivity index (χ4v) is 3.57. The summed E-state index contributed by atoms with van der Waals surface area (Å²) in [5, 5.41) is 8.85. The lowest BCUT2D eigenvalue weighted by atomic mass is 10.0. The lowest BCUT2D eigenvalue weighted by molar-refractivity contribution is -0.136. The van der Waals surface area contributed by atoms with Crippen LogP contribution in [-0.2, 0) is 11.2 Å². The van der Waals surface area contributed by atoms with Crippen molar-refractivity contribution in [2.24, 2.45) is 0 Å². The summed E-state index contributed by atoms with van der Waals surface area (Å²) in [5.41, 5.74) is 4.00. The van der Waals surface area contributed by atoms with E-state index in [9.17, 15) is 4.79 Å². The molecule has 0 atom stereocenters. The SMILES string of the molecule is COc1c(C)cc(C)cc1-c1cn2cc(CC(=O)O)sc2n1. The van der Waals surface area contributed by atoms with Gasteiger partial charge in [-0.1, -0.05) is 6.07 Å². The van der Waals surface area contributed by atoms with E-state index in [0.717, 1.165) is 38.0 Å². The van der Waals surface area contributed by atoms with Crippen molar-refractivity contribution in [2.75, 3.05) is 7.11 Å². The Morgan fingerprint density at radius 1 is 1.36 bits per heavy atom. The number of hydrogen-bond donors (Lipinski definition) is 1. The number of thiazole rings is 1. The predicted octanol–water partition coefficient (Wildman–Crippen LogP) is 3.32. The van der Waals surface area contributed by atoms with Gasteiger partial charge in [-0.05, 0) is 31.0 Å². The molecule has 0 unspecified atom stereocenters. The number of rotatable bonds is 4. The lowest BCUT2D eigenvalue weighted by Gasteiger charge is -2.10. The Bertz CT molecular complexity index is 832. The maximum Gasteiger partial charge on any atom is 0.308 e. The van der Waals surface area contributed by atoms with Crippen molar-refractivity contribution in [3.63, 3.8) is 0 Å². The van der Waals surface area contributed by atoms with Crippen LogP contribution >= 0.6 is 11.3 Å². The number of aliphatic carboxylic acids is 1. The zero-order valence-corrected chi connectivity index (χ0v) is 13.4. The molecular weight excluding hydrogens is 300 g/mol. The molecule has 0 fully saturated rings. The molecule has 3 rings (SSSR count). The van der Waals surface area contributed by atoms with E-state index in [1.165, 1.54) is 11.3 Å². The normalized spacial score (nSPS) is 11.0. The summed E-state index contributed by atoms with van der Waals surface area (Å²) in [6, 6.07) is 4.13. The van der Waals surface area contributed by atoms with Gasteiger partial charge in [0.1, 0.15) is 5.75 Å². The van der Waals surface area contributed by atoms with Gasteiger partial charge in [0.05, 0.1) is 19.2 Å². The first-order chi connectivity index (χ1) is 10.5. The van der Waals surface area contributed by atoms with Crippen LogP contribution in [0.1, 0.15) is 16.0 Å². The molecule has 0 radical (unpaired) electrons. The maximum atomic E-state index is 10.8. The van der Waals surface area contributed by atoms with E-state index in [2.05, 4.69) is 17.1 Å². The van der Waals surface area contributed by atoms with E-state index < -0.39 is 5.97 Å². The van der Waals surface area contributed by atoms with Gasteiger partial charge in [0, 0.05) is 22.8 Å². The minimum absolute atomic E-state index is 0.0240. The number of hydrogen-bond acceptors (Lipinski definition) is 4. The molecule has 0 bridgehead atoms. The minimum Gasteiger partial charge on any atom is -0.496 e. The number of fused-ring (bicyclic) bond motifs is 1. The fourth-order valence-electron chi connectivity index (χ4n) is 2.62. The van der Waals surface area contributed by atoms with Gasteiger partial charge in [0.15, 0.2) is 4.96 Å². The van der Waals surface area contributed by atoms with Crippen LogP contribution in [0.5, 0.6) is 5.75 Å². The molecule has 0 aliphatic rings. The first-order valence-electron chi connectivity index (χ1n) is 6.82. The molecule has 0 amide bonds. The summed E-state index contributed by atoms with van der Waals surface area (Å²) in [5.74, 6) is -0.0113. The van der Waals surface area contributed by atoms with Gasteiger partial charge < -0.3 is 9.84 Å². The molecule has 6 heteroatoms. The van der Waals surface area contributed by atoms with Crippen LogP contribution in [0.25, 0.3) is 16.2 Å². The van der Waals surface area contributed by atoms with E-state index in [0.29, 0.717) is 0 Å². The molecule has 5 nitrogen and oxygen atoms in total. The summed E-state index contributed by atoms with van der Waals surface area (Å²) >= 11 is 1.39. The number of carboxylic acid groups (broad SMARTS) is 1. The van der Waals surface area contributed by atoms with Gasteiger partial charge in [-0.3, -0.25) is 9.20 Å². The smallest absolute Gasteiger partial charge is 0.308 e. The highest BCUT2D eigenvalue weighted by Crippen LogP contribution is 2.34. The van der Waals surface area contributed by atoms with Gasteiger partial charge in [0.2, 0.25) is 0 Å². The molecule has 0 aliphatic heterocycles. The summed E-state index contributed by atoms with van der Waals surface area (Å²) in [4.78, 5) is 17.0. The molecule has 3 aromatic rings. The van der Waals surface area contributed by atoms with Gasteiger partial charge in [0.25, 0.3) is 0 Å². The summed E-state index contributed by atoms with van der Waals surface area (Å²) in [7, 11) is 1.66. The Morgan fingerprint density at radius 2 is 2.14 bits per heavy atom. The van der Waals surface area contributed by atoms with Crippen LogP contribution in [0.15, 0.2) is 24.5 Å². The summed E-state index contributed by atoms with van der Waals surface area (Å²) in [6.07, 6.45) is 3.75. The van der Waals surface area contributed by atoms with Crippen molar-refractivity contribution in [2.45, 2.75) is 20.3 Å². The van der Waals surface area contributed by atoms with E-state index >= 15 is 0 Å². The molecular formula is C16H16N2O3S. The molecule has 0 saturated carbocycles. The molecule has 114 valence electrons. The van der Waals surface area contributed by atoms with Gasteiger partial charge in [-0.15, -0.1) is 11.3 Å². The van der Waals surface area contributed by atoms with Crippen molar-refractivity contribution in [3.05, 3.63) is 40.5 Å². The zero-order chi connectivity index (χ0) is 15.9. The molecule has 0 saturated heterocycles. The topological polar surface area (TPSA) is 63.8 Å². The van der Waals surface area contributed by atoms with Gasteiger partial charge in [-0.25, -0.2) is 4.98 Å². The van der Waals surface area contributed by atoms with E-state index in [1.807, 2.05) is 30.6 Å². The quantitative estimate of drug-likeness (QED) is 0.802. The number of carbonyl (C=O) groups is 1. The predicted molar refractivity (Wildman–Crippen MR) is 85.9 cm³/mol. The van der Waals surface area contributed by atoms with E-state index in [1.54, 1.807) is 7.11 Å². The molecule has 2 aromatic heterocycles. The molecule has 1 N–H and O–H groups in total. The van der Waals surface area contributed by atoms with Crippen molar-refractivity contribution >= 4 is 22.3 Å². The van der Waals surface area contributed by atoms with Crippen LogP contribution in [0.4, 0.5) is 0 Å². The summed E-state index contributed by atoms with van der Waals surface area (Å²) in [6.45, 7) is 4.05. The summed E-state index contributed by atoms with van der Waals surface area (Å²) < 4.78 is 7.38. The Balaban J connectivity index is 2.07. The minimum atomic E-state index is -0.833. The number of benzene rings is 1. The van der Waals surface area contributed by atoms with Gasteiger partial charge in [-0.2, -0.15) is 0 Å². The van der Waals surface area contributed by atoms with E-state index in [4.69, 9.17) is 9.84 Å². The highest BCUT2D eigenvalue weighted by atomic mass is 32.1. The Kier molecular flexibility index (Phi) is 3.62. The first-order valence-corrected chi connectivity index (χ1v) is 7.64. The van der Waals surface area contributed by atoms with Crippen LogP contribution in [-0.4, -0.2) is 27.6 Å². The average molecular weight is 316 g/mol. The highest BCUT2D eigenvalue weighted by Gasteiger charge is 2.15. The Morgan fingerprint density at radius 3 is 2.77 bits per heavy atom. The third-order valence-corrected chi connectivity index (χ3v) is 4.42. The number of methoxy groups -OCH3 is 1.